The van der Waals surface area contributed by atoms with Crippen LogP contribution in [-0.4, -0.2) is 75.0 Å². The molecular weight excluding hydrogens is 492 g/mol. The number of nitrogens with zero attached hydrogens (tertiary/aromatic N) is 1. The number of carbonyl (C=O) groups is 4. The van der Waals surface area contributed by atoms with Gasteiger partial charge in [0.05, 0.1) is 18.9 Å². The number of nitrogens with one attached hydrogen (secondary N) is 5. The lowest BCUT2D eigenvalue weighted by atomic mass is 10.0. The lowest BCUT2D eigenvalue weighted by Gasteiger charge is -2.21. The van der Waals surface area contributed by atoms with Gasteiger partial charge in [-0.1, -0.05) is 24.6 Å². The van der Waals surface area contributed by atoms with Crippen LogP contribution in [0.2, 0.25) is 0 Å². The summed E-state index contributed by atoms with van der Waals surface area (Å²) in [6.45, 7) is 0.110. The van der Waals surface area contributed by atoms with Gasteiger partial charge in [0.25, 0.3) is 0 Å². The van der Waals surface area contributed by atoms with Gasteiger partial charge in [-0.25, -0.2) is 9.78 Å². The van der Waals surface area contributed by atoms with Crippen LogP contribution in [0, 0.1) is 0 Å². The molecule has 0 aliphatic rings. The highest BCUT2D eigenvalue weighted by molar-refractivity contribution is 5.93. The van der Waals surface area contributed by atoms with Gasteiger partial charge in [-0.3, -0.25) is 14.4 Å². The Bertz CT molecular complexity index is 1230. The predicted molar refractivity (Wildman–Crippen MR) is 140 cm³/mol. The molecule has 0 aliphatic carbocycles. The van der Waals surface area contributed by atoms with Crippen LogP contribution in [0.5, 0.6) is 0 Å². The van der Waals surface area contributed by atoms with Crippen molar-refractivity contribution in [1.29, 1.82) is 0 Å². The number of aromatic amines is 2. The van der Waals surface area contributed by atoms with Crippen molar-refractivity contribution in [2.24, 2.45) is 11.5 Å². The van der Waals surface area contributed by atoms with Crippen molar-refractivity contribution < 1.29 is 24.3 Å². The first-order chi connectivity index (χ1) is 18.3. The van der Waals surface area contributed by atoms with Crippen molar-refractivity contribution in [3.8, 4) is 0 Å². The Kier molecular flexibility index (Phi) is 10.4. The van der Waals surface area contributed by atoms with Crippen molar-refractivity contribution in [3.63, 3.8) is 0 Å². The molecule has 2 heterocycles. The second-order valence-corrected chi connectivity index (χ2v) is 8.97. The molecule has 13 heteroatoms. The van der Waals surface area contributed by atoms with Gasteiger partial charge in [-0.2, -0.15) is 0 Å². The summed E-state index contributed by atoms with van der Waals surface area (Å²) < 4.78 is 0. The molecule has 0 bridgehead atoms. The van der Waals surface area contributed by atoms with Gasteiger partial charge in [0.15, 0.2) is 0 Å². The summed E-state index contributed by atoms with van der Waals surface area (Å²) >= 11 is 0. The number of benzene rings is 1. The van der Waals surface area contributed by atoms with Gasteiger partial charge < -0.3 is 42.5 Å². The van der Waals surface area contributed by atoms with Crippen molar-refractivity contribution in [2.75, 3.05) is 13.1 Å². The van der Waals surface area contributed by atoms with Gasteiger partial charge in [0.1, 0.15) is 12.1 Å². The van der Waals surface area contributed by atoms with Crippen LogP contribution in [0.3, 0.4) is 0 Å². The van der Waals surface area contributed by atoms with E-state index >= 15 is 0 Å². The average molecular weight is 527 g/mol. The van der Waals surface area contributed by atoms with Crippen molar-refractivity contribution in [2.45, 2.75) is 50.2 Å². The molecule has 2 aromatic heterocycles. The molecule has 3 aromatic rings. The van der Waals surface area contributed by atoms with E-state index in [1.54, 1.807) is 6.20 Å². The number of carboxylic acids is 1. The number of hydrogen-bond donors (Lipinski definition) is 8. The Morgan fingerprint density at radius 2 is 1.79 bits per heavy atom. The van der Waals surface area contributed by atoms with Gasteiger partial charge in [-0.15, -0.1) is 0 Å². The first-order valence-corrected chi connectivity index (χ1v) is 12.4. The zero-order valence-electron chi connectivity index (χ0n) is 20.9. The number of rotatable bonds is 15. The number of aromatic nitrogens is 3. The van der Waals surface area contributed by atoms with Crippen LogP contribution in [0.4, 0.5) is 0 Å². The maximum Gasteiger partial charge on any atom is 0.326 e. The molecule has 0 aliphatic heterocycles. The number of para-hydroxylation sites is 1. The maximum absolute atomic E-state index is 13.2. The van der Waals surface area contributed by atoms with Gasteiger partial charge in [0, 0.05) is 41.8 Å². The normalized spacial score (nSPS) is 13.4. The highest BCUT2D eigenvalue weighted by Gasteiger charge is 2.28. The first kappa shape index (κ1) is 28.3. The van der Waals surface area contributed by atoms with E-state index < -0.39 is 48.4 Å². The van der Waals surface area contributed by atoms with Crippen LogP contribution in [0.1, 0.15) is 30.5 Å². The zero-order valence-corrected chi connectivity index (χ0v) is 20.9. The van der Waals surface area contributed by atoms with E-state index in [2.05, 4.69) is 30.9 Å². The quantitative estimate of drug-likeness (QED) is 0.118. The van der Waals surface area contributed by atoms with Crippen molar-refractivity contribution in [3.05, 3.63) is 54.2 Å². The van der Waals surface area contributed by atoms with Crippen molar-refractivity contribution >= 4 is 34.6 Å². The second-order valence-electron chi connectivity index (χ2n) is 8.97. The molecule has 204 valence electrons. The number of H-pyrrole nitrogens is 2. The lowest BCUT2D eigenvalue weighted by Crippen LogP contribution is -2.54. The molecule has 3 unspecified atom stereocenters. The number of hydrogen-bond acceptors (Lipinski definition) is 7. The Hall–Kier alpha value is -4.23. The Morgan fingerprint density at radius 1 is 1.00 bits per heavy atom. The van der Waals surface area contributed by atoms with E-state index in [0.29, 0.717) is 25.1 Å². The molecular formula is C25H34N8O5. The summed E-state index contributed by atoms with van der Waals surface area (Å²) in [5.74, 6) is -3.02. The topological polar surface area (TPSA) is 221 Å². The molecule has 3 amide bonds. The largest absolute Gasteiger partial charge is 0.480 e. The maximum atomic E-state index is 13.2. The second kappa shape index (κ2) is 13.9. The molecule has 0 fully saturated rings. The number of amides is 3. The minimum absolute atomic E-state index is 0.0209. The molecule has 0 saturated heterocycles. The third-order valence-corrected chi connectivity index (χ3v) is 6.07. The molecule has 1 aromatic carbocycles. The minimum Gasteiger partial charge on any atom is -0.480 e. The first-order valence-electron chi connectivity index (χ1n) is 12.4. The number of carbonyl (C=O) groups excluding carboxylic acids is 3. The fourth-order valence-electron chi connectivity index (χ4n) is 4.00. The summed E-state index contributed by atoms with van der Waals surface area (Å²) in [6.07, 6.45) is 6.54. The summed E-state index contributed by atoms with van der Waals surface area (Å²) in [7, 11) is 0. The SMILES string of the molecule is NCCCCC(N)C(=O)NCC(=O)NC(Cc1c[nH]c2ccccc12)C(=O)NC(Cc1cnc[nH]1)C(=O)O. The fraction of sp³-hybridized carbons (Fsp3) is 0.400. The highest BCUT2D eigenvalue weighted by atomic mass is 16.4. The standard InChI is InChI=1S/C25H34N8O5/c26-8-4-3-6-18(27)23(35)30-13-22(34)32-20(9-15-11-29-19-7-2-1-5-17(15)19)24(36)33-21(25(37)38)10-16-12-28-14-31-16/h1-2,5,7,11-12,14,18,20-21,29H,3-4,6,8-10,13,26-27H2,(H,28,31)(H,30,35)(H,32,34)(H,33,36)(H,37,38). The smallest absolute Gasteiger partial charge is 0.326 e. The van der Waals surface area contributed by atoms with E-state index in [1.807, 2.05) is 24.3 Å². The summed E-state index contributed by atoms with van der Waals surface area (Å²) in [4.78, 5) is 59.8. The van der Waals surface area contributed by atoms with E-state index in [-0.39, 0.29) is 12.8 Å². The molecule has 3 rings (SSSR count). The summed E-state index contributed by atoms with van der Waals surface area (Å²) in [5.41, 5.74) is 13.5. The number of unbranched alkanes of at least 4 members (excludes halogenated alkanes) is 1. The molecule has 3 atom stereocenters. The van der Waals surface area contributed by atoms with Gasteiger partial charge >= 0.3 is 5.97 Å². The number of fused-ring (bicyclic) bond motifs is 1. The molecule has 0 saturated carbocycles. The van der Waals surface area contributed by atoms with E-state index in [4.69, 9.17) is 11.5 Å². The molecule has 10 N–H and O–H groups in total. The van der Waals surface area contributed by atoms with Crippen LogP contribution >= 0.6 is 0 Å². The Morgan fingerprint density at radius 3 is 2.50 bits per heavy atom. The molecule has 38 heavy (non-hydrogen) atoms. The highest BCUT2D eigenvalue weighted by Crippen LogP contribution is 2.19. The van der Waals surface area contributed by atoms with Crippen LogP contribution in [0.25, 0.3) is 10.9 Å². The third kappa shape index (κ3) is 8.15. The van der Waals surface area contributed by atoms with Gasteiger partial charge in [-0.05, 0) is 31.0 Å². The third-order valence-electron chi connectivity index (χ3n) is 6.07. The summed E-state index contributed by atoms with van der Waals surface area (Å²) in [5, 5.41) is 18.1. The number of carboxylic acid groups (broad SMARTS) is 1. The van der Waals surface area contributed by atoms with Crippen LogP contribution < -0.4 is 27.4 Å². The van der Waals surface area contributed by atoms with Gasteiger partial charge in [0.2, 0.25) is 17.7 Å². The zero-order chi connectivity index (χ0) is 27.5. The Balaban J connectivity index is 1.69. The monoisotopic (exact) mass is 526 g/mol. The predicted octanol–water partition coefficient (Wildman–Crippen LogP) is -0.697. The molecule has 0 spiro atoms. The van der Waals surface area contributed by atoms with Crippen molar-refractivity contribution in [1.82, 2.24) is 30.9 Å². The van der Waals surface area contributed by atoms with E-state index in [1.165, 1.54) is 12.5 Å². The number of aliphatic carboxylic acids is 1. The van der Waals surface area contributed by atoms with E-state index in [9.17, 15) is 24.3 Å². The number of nitrogens with two attached hydrogens (primary N) is 2. The molecule has 0 radical (unpaired) electrons. The lowest BCUT2D eigenvalue weighted by molar-refractivity contribution is -0.142. The van der Waals surface area contributed by atoms with Crippen LogP contribution in [-0.2, 0) is 32.0 Å². The fourth-order valence-corrected chi connectivity index (χ4v) is 4.00. The summed E-state index contributed by atoms with van der Waals surface area (Å²) in [6, 6.07) is 4.33. The molecule has 13 nitrogen and oxygen atoms in total. The number of imidazole rings is 1. The average Bonchev–Trinajstić information content (AvgIpc) is 3.56. The minimum atomic E-state index is -1.25. The Labute approximate surface area is 219 Å². The van der Waals surface area contributed by atoms with Crippen LogP contribution in [0.15, 0.2) is 43.0 Å². The van der Waals surface area contributed by atoms with E-state index in [0.717, 1.165) is 22.9 Å².